The van der Waals surface area contributed by atoms with Gasteiger partial charge in [-0.25, -0.2) is 0 Å². The van der Waals surface area contributed by atoms with Crippen molar-refractivity contribution in [3.63, 3.8) is 0 Å². The molecule has 0 heterocycles. The van der Waals surface area contributed by atoms with Gasteiger partial charge >= 0.3 is 0 Å². The van der Waals surface area contributed by atoms with Crippen molar-refractivity contribution in [2.24, 2.45) is 0 Å². The molecule has 0 amide bonds. The van der Waals surface area contributed by atoms with Gasteiger partial charge in [0.25, 0.3) is 0 Å². The van der Waals surface area contributed by atoms with Crippen LogP contribution in [0, 0.1) is 0 Å². The molecule has 0 saturated heterocycles. The summed E-state index contributed by atoms with van der Waals surface area (Å²) in [5.41, 5.74) is 0. The summed E-state index contributed by atoms with van der Waals surface area (Å²) in [6.07, 6.45) is 4.24. The average Bonchev–Trinajstić information content (AvgIpc) is 1.95. The predicted molar refractivity (Wildman–Crippen MR) is 41.9 cm³/mol. The van der Waals surface area contributed by atoms with Crippen LogP contribution in [0.4, 0.5) is 0 Å². The van der Waals surface area contributed by atoms with E-state index < -0.39 is 0 Å². The molecule has 2 nitrogen and oxygen atoms in total. The summed E-state index contributed by atoms with van der Waals surface area (Å²) < 4.78 is 0. The van der Waals surface area contributed by atoms with Crippen molar-refractivity contribution in [1.29, 1.82) is 0 Å². The van der Waals surface area contributed by atoms with Gasteiger partial charge < -0.3 is 10.4 Å². The lowest BCUT2D eigenvalue weighted by Gasteiger charge is -2.25. The summed E-state index contributed by atoms with van der Waals surface area (Å²) in [6.45, 7) is 3.19. The van der Waals surface area contributed by atoms with Gasteiger partial charge in [-0.05, 0) is 32.2 Å². The summed E-state index contributed by atoms with van der Waals surface area (Å²) in [6, 6.07) is 0.674. The predicted octanol–water partition coefficient (Wildman–Crippen LogP) is 0.899. The third kappa shape index (κ3) is 2.27. The fourth-order valence-electron chi connectivity index (χ4n) is 1.57. The highest BCUT2D eigenvalue weighted by atomic mass is 16.3. The first-order valence-electron chi connectivity index (χ1n) is 4.24. The Labute approximate surface area is 62.6 Å². The van der Waals surface area contributed by atoms with Crippen LogP contribution in [0.25, 0.3) is 0 Å². The maximum absolute atomic E-state index is 9.17. The lowest BCUT2D eigenvalue weighted by Crippen LogP contribution is -2.34. The van der Waals surface area contributed by atoms with E-state index in [0.717, 1.165) is 32.2 Å². The normalized spacial score (nSPS) is 34.2. The van der Waals surface area contributed by atoms with E-state index in [0.29, 0.717) is 6.04 Å². The van der Waals surface area contributed by atoms with Crippen LogP contribution in [0.1, 0.15) is 32.6 Å². The Morgan fingerprint density at radius 1 is 1.30 bits per heavy atom. The van der Waals surface area contributed by atoms with E-state index in [4.69, 9.17) is 5.11 Å². The van der Waals surface area contributed by atoms with Gasteiger partial charge in [0.05, 0.1) is 6.10 Å². The fourth-order valence-corrected chi connectivity index (χ4v) is 1.57. The molecule has 0 spiro atoms. The van der Waals surface area contributed by atoms with Gasteiger partial charge in [-0.15, -0.1) is 0 Å². The Morgan fingerprint density at radius 3 is 2.40 bits per heavy atom. The molecule has 0 aliphatic heterocycles. The molecule has 1 fully saturated rings. The molecule has 0 radical (unpaired) electrons. The highest BCUT2D eigenvalue weighted by Gasteiger charge is 2.17. The van der Waals surface area contributed by atoms with Crippen LogP contribution in [0.2, 0.25) is 0 Å². The number of rotatable bonds is 2. The fraction of sp³-hybridized carbons (Fsp3) is 1.00. The molecule has 1 aliphatic carbocycles. The highest BCUT2D eigenvalue weighted by Crippen LogP contribution is 2.17. The summed E-state index contributed by atoms with van der Waals surface area (Å²) in [5.74, 6) is 0. The van der Waals surface area contributed by atoms with Crippen LogP contribution < -0.4 is 5.32 Å². The van der Waals surface area contributed by atoms with Gasteiger partial charge in [0.15, 0.2) is 0 Å². The molecule has 1 aliphatic rings. The molecular weight excluding hydrogens is 126 g/mol. The van der Waals surface area contributed by atoms with Crippen molar-refractivity contribution in [3.8, 4) is 0 Å². The van der Waals surface area contributed by atoms with E-state index in [1.807, 2.05) is 0 Å². The lowest BCUT2D eigenvalue weighted by atomic mass is 9.93. The zero-order valence-electron chi connectivity index (χ0n) is 6.64. The van der Waals surface area contributed by atoms with Crippen molar-refractivity contribution in [1.82, 2.24) is 5.32 Å². The van der Waals surface area contributed by atoms with Crippen LogP contribution in [0.15, 0.2) is 0 Å². The van der Waals surface area contributed by atoms with Crippen LogP contribution >= 0.6 is 0 Å². The van der Waals surface area contributed by atoms with Crippen molar-refractivity contribution >= 4 is 0 Å². The minimum absolute atomic E-state index is 0.0186. The van der Waals surface area contributed by atoms with Crippen molar-refractivity contribution < 1.29 is 5.11 Å². The van der Waals surface area contributed by atoms with Gasteiger partial charge in [0.2, 0.25) is 0 Å². The molecule has 60 valence electrons. The summed E-state index contributed by atoms with van der Waals surface area (Å²) in [7, 11) is 0. The first-order chi connectivity index (χ1) is 4.83. The molecule has 2 N–H and O–H groups in total. The average molecular weight is 143 g/mol. The summed E-state index contributed by atoms with van der Waals surface area (Å²) in [4.78, 5) is 0. The SMILES string of the molecule is CCNC1CCC(O)CC1. The zero-order valence-corrected chi connectivity index (χ0v) is 6.64. The number of hydrogen-bond donors (Lipinski definition) is 2. The Morgan fingerprint density at radius 2 is 1.90 bits per heavy atom. The standard InChI is InChI=1S/C8H17NO/c1-2-9-7-3-5-8(10)6-4-7/h7-10H,2-6H2,1H3. The maximum Gasteiger partial charge on any atom is 0.0541 e. The van der Waals surface area contributed by atoms with E-state index in [2.05, 4.69) is 12.2 Å². The Kier molecular flexibility index (Phi) is 3.16. The van der Waals surface area contributed by atoms with Gasteiger partial charge in [0, 0.05) is 6.04 Å². The molecular formula is C8H17NO. The number of aliphatic hydroxyl groups excluding tert-OH is 1. The Hall–Kier alpha value is -0.0800. The molecule has 0 aromatic rings. The second kappa shape index (κ2) is 3.94. The molecule has 2 heteroatoms. The summed E-state index contributed by atoms with van der Waals surface area (Å²) in [5, 5.41) is 12.6. The topological polar surface area (TPSA) is 32.3 Å². The van der Waals surface area contributed by atoms with E-state index in [9.17, 15) is 0 Å². The van der Waals surface area contributed by atoms with Crippen LogP contribution in [-0.2, 0) is 0 Å². The van der Waals surface area contributed by atoms with Gasteiger partial charge in [-0.2, -0.15) is 0 Å². The number of nitrogens with one attached hydrogen (secondary N) is 1. The number of hydrogen-bond acceptors (Lipinski definition) is 2. The largest absolute Gasteiger partial charge is 0.393 e. The first kappa shape index (κ1) is 8.02. The third-order valence-corrected chi connectivity index (χ3v) is 2.19. The van der Waals surface area contributed by atoms with Crippen molar-refractivity contribution in [3.05, 3.63) is 0 Å². The molecule has 10 heavy (non-hydrogen) atoms. The van der Waals surface area contributed by atoms with E-state index >= 15 is 0 Å². The van der Waals surface area contributed by atoms with Crippen LogP contribution in [-0.4, -0.2) is 23.8 Å². The maximum atomic E-state index is 9.17. The van der Waals surface area contributed by atoms with Crippen LogP contribution in [0.5, 0.6) is 0 Å². The Balaban J connectivity index is 2.13. The molecule has 0 aromatic carbocycles. The zero-order chi connectivity index (χ0) is 7.40. The molecule has 0 atom stereocenters. The molecule has 1 rings (SSSR count). The second-order valence-electron chi connectivity index (χ2n) is 3.06. The van der Waals surface area contributed by atoms with Gasteiger partial charge in [0.1, 0.15) is 0 Å². The Bertz CT molecular complexity index is 87.3. The van der Waals surface area contributed by atoms with Crippen molar-refractivity contribution in [2.45, 2.75) is 44.8 Å². The quantitative estimate of drug-likeness (QED) is 0.602. The van der Waals surface area contributed by atoms with Gasteiger partial charge in [-0.1, -0.05) is 6.92 Å². The third-order valence-electron chi connectivity index (χ3n) is 2.19. The molecule has 0 aromatic heterocycles. The minimum atomic E-state index is -0.0186. The minimum Gasteiger partial charge on any atom is -0.393 e. The molecule has 0 unspecified atom stereocenters. The lowest BCUT2D eigenvalue weighted by molar-refractivity contribution is 0.117. The van der Waals surface area contributed by atoms with E-state index in [1.165, 1.54) is 0 Å². The second-order valence-corrected chi connectivity index (χ2v) is 3.06. The number of aliphatic hydroxyl groups is 1. The highest BCUT2D eigenvalue weighted by molar-refractivity contribution is 4.75. The summed E-state index contributed by atoms with van der Waals surface area (Å²) >= 11 is 0. The van der Waals surface area contributed by atoms with Crippen molar-refractivity contribution in [2.75, 3.05) is 6.54 Å². The smallest absolute Gasteiger partial charge is 0.0541 e. The van der Waals surface area contributed by atoms with Crippen LogP contribution in [0.3, 0.4) is 0 Å². The molecule has 0 bridgehead atoms. The van der Waals surface area contributed by atoms with E-state index in [-0.39, 0.29) is 6.10 Å². The molecule has 1 saturated carbocycles. The van der Waals surface area contributed by atoms with E-state index in [1.54, 1.807) is 0 Å². The first-order valence-corrected chi connectivity index (χ1v) is 4.24. The monoisotopic (exact) mass is 143 g/mol. The van der Waals surface area contributed by atoms with Gasteiger partial charge in [-0.3, -0.25) is 0 Å².